The van der Waals surface area contributed by atoms with E-state index in [0.29, 0.717) is 0 Å². The van der Waals surface area contributed by atoms with Crippen LogP contribution in [0.25, 0.3) is 0 Å². The van der Waals surface area contributed by atoms with Crippen LogP contribution in [0.5, 0.6) is 0 Å². The predicted octanol–water partition coefficient (Wildman–Crippen LogP) is 2.28. The van der Waals surface area contributed by atoms with Gasteiger partial charge in [-0.05, 0) is 36.5 Å². The summed E-state index contributed by atoms with van der Waals surface area (Å²) in [7, 11) is 0. The van der Waals surface area contributed by atoms with E-state index in [1.165, 1.54) is 29.5 Å². The first-order chi connectivity index (χ1) is 9.65. The first-order valence-corrected chi connectivity index (χ1v) is 6.67. The Labute approximate surface area is 116 Å². The quantitative estimate of drug-likeness (QED) is 0.909. The van der Waals surface area contributed by atoms with Gasteiger partial charge >= 0.3 is 5.97 Å². The van der Waals surface area contributed by atoms with E-state index in [4.69, 9.17) is 5.11 Å². The van der Waals surface area contributed by atoms with Gasteiger partial charge in [0.15, 0.2) is 0 Å². The van der Waals surface area contributed by atoms with E-state index in [9.17, 15) is 9.59 Å². The summed E-state index contributed by atoms with van der Waals surface area (Å²) in [6, 6.07) is 10.9. The molecule has 2 aromatic rings. The molecular formula is C16H15NO3. The summed E-state index contributed by atoms with van der Waals surface area (Å²) in [4.78, 5) is 23.0. The fourth-order valence-electron chi connectivity index (χ4n) is 2.83. The zero-order valence-corrected chi connectivity index (χ0v) is 11.0. The molecule has 0 bridgehead atoms. The fraction of sp³-hybridized carbons (Fsp3) is 0.250. The van der Waals surface area contributed by atoms with E-state index < -0.39 is 5.97 Å². The van der Waals surface area contributed by atoms with Crippen molar-refractivity contribution in [2.24, 2.45) is 0 Å². The maximum absolute atomic E-state index is 12.0. The molecule has 0 radical (unpaired) electrons. The first-order valence-electron chi connectivity index (χ1n) is 6.67. The fourth-order valence-corrected chi connectivity index (χ4v) is 2.83. The van der Waals surface area contributed by atoms with Crippen molar-refractivity contribution in [1.29, 1.82) is 0 Å². The second-order valence-electron chi connectivity index (χ2n) is 5.13. The molecule has 1 aromatic carbocycles. The van der Waals surface area contributed by atoms with Crippen LogP contribution in [0.3, 0.4) is 0 Å². The number of hydrogen-bond donors (Lipinski definition) is 1. The largest absolute Gasteiger partial charge is 0.478 e. The molecule has 1 aliphatic carbocycles. The molecule has 0 fully saturated rings. The monoisotopic (exact) mass is 269 g/mol. The third-order valence-corrected chi connectivity index (χ3v) is 3.90. The SMILES string of the molecule is O=C(O)c1ccc(=O)n(C2CCc3ccccc3C2)c1. The van der Waals surface area contributed by atoms with E-state index in [1.54, 1.807) is 4.57 Å². The molecule has 1 aromatic heterocycles. The van der Waals surface area contributed by atoms with Crippen LogP contribution in [0.2, 0.25) is 0 Å². The summed E-state index contributed by atoms with van der Waals surface area (Å²) in [6.45, 7) is 0. The van der Waals surface area contributed by atoms with Crippen LogP contribution in [0.15, 0.2) is 47.4 Å². The smallest absolute Gasteiger partial charge is 0.337 e. The van der Waals surface area contributed by atoms with Crippen molar-refractivity contribution in [2.45, 2.75) is 25.3 Å². The second kappa shape index (κ2) is 4.96. The van der Waals surface area contributed by atoms with Crippen molar-refractivity contribution in [2.75, 3.05) is 0 Å². The molecule has 102 valence electrons. The van der Waals surface area contributed by atoms with Gasteiger partial charge in [-0.15, -0.1) is 0 Å². The minimum Gasteiger partial charge on any atom is -0.478 e. The average molecular weight is 269 g/mol. The van der Waals surface area contributed by atoms with Crippen molar-refractivity contribution < 1.29 is 9.90 Å². The summed E-state index contributed by atoms with van der Waals surface area (Å²) in [5, 5.41) is 9.04. The molecule has 1 N–H and O–H groups in total. The number of fused-ring (bicyclic) bond motifs is 1. The Kier molecular flexibility index (Phi) is 3.14. The van der Waals surface area contributed by atoms with Gasteiger partial charge in [-0.25, -0.2) is 4.79 Å². The number of aromatic nitrogens is 1. The normalized spacial score (nSPS) is 17.5. The van der Waals surface area contributed by atoms with E-state index in [2.05, 4.69) is 12.1 Å². The molecule has 0 spiro atoms. The lowest BCUT2D eigenvalue weighted by molar-refractivity contribution is 0.0695. The maximum Gasteiger partial charge on any atom is 0.337 e. The highest BCUT2D eigenvalue weighted by Crippen LogP contribution is 2.27. The molecule has 0 saturated heterocycles. The average Bonchev–Trinajstić information content (AvgIpc) is 2.47. The molecule has 20 heavy (non-hydrogen) atoms. The molecule has 0 aliphatic heterocycles. The highest BCUT2D eigenvalue weighted by atomic mass is 16.4. The molecule has 0 saturated carbocycles. The Hall–Kier alpha value is -2.36. The van der Waals surface area contributed by atoms with Gasteiger partial charge in [0.05, 0.1) is 5.56 Å². The number of benzene rings is 1. The van der Waals surface area contributed by atoms with E-state index in [1.807, 2.05) is 12.1 Å². The Morgan fingerprint density at radius 3 is 2.65 bits per heavy atom. The van der Waals surface area contributed by atoms with Gasteiger partial charge in [-0.3, -0.25) is 4.79 Å². The molecule has 1 atom stereocenters. The number of carboxylic acids is 1. The number of nitrogens with zero attached hydrogens (tertiary/aromatic N) is 1. The molecule has 1 unspecified atom stereocenters. The summed E-state index contributed by atoms with van der Waals surface area (Å²) in [5.41, 5.74) is 2.59. The lowest BCUT2D eigenvalue weighted by Gasteiger charge is -2.26. The van der Waals surface area contributed by atoms with Crippen molar-refractivity contribution in [3.8, 4) is 0 Å². The number of pyridine rings is 1. The number of rotatable bonds is 2. The molecule has 3 rings (SSSR count). The molecule has 1 heterocycles. The maximum atomic E-state index is 12.0. The number of carbonyl (C=O) groups is 1. The number of aryl methyl sites for hydroxylation is 1. The lowest BCUT2D eigenvalue weighted by Crippen LogP contribution is -2.28. The highest BCUT2D eigenvalue weighted by Gasteiger charge is 2.21. The highest BCUT2D eigenvalue weighted by molar-refractivity contribution is 5.87. The summed E-state index contributed by atoms with van der Waals surface area (Å²) in [6.07, 6.45) is 4.02. The van der Waals surface area contributed by atoms with Gasteiger partial charge in [0.25, 0.3) is 5.56 Å². The van der Waals surface area contributed by atoms with Gasteiger partial charge in [-0.2, -0.15) is 0 Å². The third-order valence-electron chi connectivity index (χ3n) is 3.90. The summed E-state index contributed by atoms with van der Waals surface area (Å²) < 4.78 is 1.57. The molecule has 4 heteroatoms. The molecular weight excluding hydrogens is 254 g/mol. The Balaban J connectivity index is 1.97. The van der Waals surface area contributed by atoms with Gasteiger partial charge in [0.1, 0.15) is 0 Å². The molecule has 1 aliphatic rings. The Morgan fingerprint density at radius 2 is 1.90 bits per heavy atom. The van der Waals surface area contributed by atoms with Crippen LogP contribution in [0.4, 0.5) is 0 Å². The van der Waals surface area contributed by atoms with Crippen LogP contribution < -0.4 is 5.56 Å². The topological polar surface area (TPSA) is 59.3 Å². The molecule has 4 nitrogen and oxygen atoms in total. The van der Waals surface area contributed by atoms with E-state index in [-0.39, 0.29) is 17.2 Å². The number of hydrogen-bond acceptors (Lipinski definition) is 2. The van der Waals surface area contributed by atoms with Crippen molar-refractivity contribution in [1.82, 2.24) is 4.57 Å². The first kappa shape index (κ1) is 12.7. The minimum atomic E-state index is -1.00. The van der Waals surface area contributed by atoms with E-state index >= 15 is 0 Å². The van der Waals surface area contributed by atoms with Crippen LogP contribution in [0.1, 0.15) is 33.9 Å². The molecule has 0 amide bonds. The van der Waals surface area contributed by atoms with Crippen LogP contribution >= 0.6 is 0 Å². The zero-order valence-electron chi connectivity index (χ0n) is 11.0. The lowest BCUT2D eigenvalue weighted by atomic mass is 9.88. The van der Waals surface area contributed by atoms with Gasteiger partial charge < -0.3 is 9.67 Å². The van der Waals surface area contributed by atoms with Gasteiger partial charge in [0, 0.05) is 18.3 Å². The summed E-state index contributed by atoms with van der Waals surface area (Å²) in [5.74, 6) is -1.00. The van der Waals surface area contributed by atoms with Crippen molar-refractivity contribution in [3.05, 3.63) is 69.6 Å². The van der Waals surface area contributed by atoms with Crippen LogP contribution in [-0.4, -0.2) is 15.6 Å². The summed E-state index contributed by atoms with van der Waals surface area (Å²) >= 11 is 0. The number of carboxylic acid groups (broad SMARTS) is 1. The van der Waals surface area contributed by atoms with E-state index in [0.717, 1.165) is 19.3 Å². The zero-order chi connectivity index (χ0) is 14.1. The van der Waals surface area contributed by atoms with Crippen LogP contribution in [0, 0.1) is 0 Å². The van der Waals surface area contributed by atoms with Crippen molar-refractivity contribution in [3.63, 3.8) is 0 Å². The van der Waals surface area contributed by atoms with Gasteiger partial charge in [0.2, 0.25) is 0 Å². The Bertz CT molecular complexity index is 718. The third kappa shape index (κ3) is 2.25. The number of aromatic carboxylic acids is 1. The van der Waals surface area contributed by atoms with Crippen molar-refractivity contribution >= 4 is 5.97 Å². The van der Waals surface area contributed by atoms with Crippen LogP contribution in [-0.2, 0) is 12.8 Å². The standard InChI is InChI=1S/C16H15NO3/c18-15-8-6-13(16(19)20)10-17(15)14-7-5-11-3-1-2-4-12(11)9-14/h1-4,6,8,10,14H,5,7,9H2,(H,19,20). The predicted molar refractivity (Wildman–Crippen MR) is 75.2 cm³/mol. The minimum absolute atomic E-state index is 0.0386. The Morgan fingerprint density at radius 1 is 1.15 bits per heavy atom. The second-order valence-corrected chi connectivity index (χ2v) is 5.13. The van der Waals surface area contributed by atoms with Gasteiger partial charge in [-0.1, -0.05) is 24.3 Å².